The number of amides is 2. The quantitative estimate of drug-likeness (QED) is 0.911. The predicted molar refractivity (Wildman–Crippen MR) is 87.0 cm³/mol. The van der Waals surface area contributed by atoms with Crippen LogP contribution in [0.2, 0.25) is 0 Å². The third kappa shape index (κ3) is 3.13. The zero-order valence-corrected chi connectivity index (χ0v) is 13.1. The lowest BCUT2D eigenvalue weighted by Gasteiger charge is -2.35. The number of hydrogen-bond donors (Lipinski definition) is 2. The van der Waals surface area contributed by atoms with Crippen molar-refractivity contribution < 1.29 is 9.90 Å². The van der Waals surface area contributed by atoms with Crippen LogP contribution in [-0.4, -0.2) is 34.2 Å². The molecule has 0 fully saturated rings. The molecular formula is C16H19N3O2S. The summed E-state index contributed by atoms with van der Waals surface area (Å²) in [5, 5.41) is 14.6. The Hall–Kier alpha value is -1.92. The molecule has 1 heterocycles. The summed E-state index contributed by atoms with van der Waals surface area (Å²) in [6.07, 6.45) is 4.68. The minimum absolute atomic E-state index is 0.0112. The smallest absolute Gasteiger partial charge is 0.324 e. The van der Waals surface area contributed by atoms with Gasteiger partial charge in [0.25, 0.3) is 0 Å². The molecule has 6 heteroatoms. The number of anilines is 1. The van der Waals surface area contributed by atoms with Crippen molar-refractivity contribution in [3.8, 4) is 0 Å². The topological polar surface area (TPSA) is 65.5 Å². The molecule has 1 aliphatic rings. The number of carbonyl (C=O) groups is 1. The fourth-order valence-electron chi connectivity index (χ4n) is 3.01. The molecule has 1 aliphatic carbocycles. The minimum Gasteiger partial charge on any atom is -0.395 e. The van der Waals surface area contributed by atoms with Crippen LogP contribution in [0.4, 0.5) is 9.93 Å². The van der Waals surface area contributed by atoms with Gasteiger partial charge >= 0.3 is 6.03 Å². The van der Waals surface area contributed by atoms with E-state index in [1.165, 1.54) is 22.5 Å². The molecule has 1 unspecified atom stereocenters. The second kappa shape index (κ2) is 6.89. The summed E-state index contributed by atoms with van der Waals surface area (Å²) in [4.78, 5) is 18.4. The molecule has 3 rings (SSSR count). The van der Waals surface area contributed by atoms with Gasteiger partial charge in [0.15, 0.2) is 5.13 Å². The van der Waals surface area contributed by atoms with Gasteiger partial charge < -0.3 is 10.0 Å². The Morgan fingerprint density at radius 1 is 1.45 bits per heavy atom. The first-order valence-corrected chi connectivity index (χ1v) is 8.33. The lowest BCUT2D eigenvalue weighted by Crippen LogP contribution is -2.41. The van der Waals surface area contributed by atoms with Gasteiger partial charge in [-0.15, -0.1) is 11.3 Å². The van der Waals surface area contributed by atoms with E-state index in [-0.39, 0.29) is 18.7 Å². The molecule has 0 bridgehead atoms. The molecule has 1 aromatic carbocycles. The largest absolute Gasteiger partial charge is 0.395 e. The van der Waals surface area contributed by atoms with Crippen molar-refractivity contribution in [3.05, 3.63) is 47.0 Å². The number of fused-ring (bicyclic) bond motifs is 1. The number of aliphatic hydroxyl groups is 1. The maximum Gasteiger partial charge on any atom is 0.324 e. The summed E-state index contributed by atoms with van der Waals surface area (Å²) in [6, 6.07) is 8.06. The number of nitrogens with zero attached hydrogens (tertiary/aromatic N) is 2. The van der Waals surface area contributed by atoms with Crippen LogP contribution in [-0.2, 0) is 6.42 Å². The third-order valence-corrected chi connectivity index (χ3v) is 4.65. The number of aryl methyl sites for hydroxylation is 1. The zero-order valence-electron chi connectivity index (χ0n) is 12.2. The van der Waals surface area contributed by atoms with Crippen LogP contribution < -0.4 is 5.32 Å². The highest BCUT2D eigenvalue weighted by Gasteiger charge is 2.29. The number of aliphatic hydroxyl groups excluding tert-OH is 1. The second-order valence-corrected chi connectivity index (χ2v) is 6.19. The first-order valence-electron chi connectivity index (χ1n) is 7.45. The van der Waals surface area contributed by atoms with Crippen LogP contribution in [0.1, 0.15) is 30.0 Å². The summed E-state index contributed by atoms with van der Waals surface area (Å²) in [7, 11) is 0. The van der Waals surface area contributed by atoms with Crippen LogP contribution in [0.3, 0.4) is 0 Å². The van der Waals surface area contributed by atoms with Crippen LogP contribution >= 0.6 is 11.3 Å². The highest BCUT2D eigenvalue weighted by atomic mass is 32.1. The van der Waals surface area contributed by atoms with E-state index >= 15 is 0 Å². The molecule has 1 aromatic heterocycles. The molecule has 116 valence electrons. The van der Waals surface area contributed by atoms with Crippen molar-refractivity contribution in [3.63, 3.8) is 0 Å². The second-order valence-electron chi connectivity index (χ2n) is 5.29. The van der Waals surface area contributed by atoms with Crippen LogP contribution in [0.5, 0.6) is 0 Å². The molecule has 0 saturated heterocycles. The van der Waals surface area contributed by atoms with Crippen molar-refractivity contribution in [2.24, 2.45) is 0 Å². The number of nitrogens with one attached hydrogen (secondary N) is 1. The van der Waals surface area contributed by atoms with Gasteiger partial charge in [-0.1, -0.05) is 24.3 Å². The van der Waals surface area contributed by atoms with Crippen molar-refractivity contribution in [2.75, 3.05) is 18.5 Å². The Morgan fingerprint density at radius 3 is 3.09 bits per heavy atom. The van der Waals surface area contributed by atoms with E-state index in [1.54, 1.807) is 11.1 Å². The molecule has 2 N–H and O–H groups in total. The van der Waals surface area contributed by atoms with Gasteiger partial charge in [0.05, 0.1) is 12.6 Å². The number of urea groups is 1. The van der Waals surface area contributed by atoms with Gasteiger partial charge in [0.2, 0.25) is 0 Å². The molecule has 0 radical (unpaired) electrons. The molecule has 0 aliphatic heterocycles. The molecular weight excluding hydrogens is 298 g/mol. The number of hydrogen-bond acceptors (Lipinski definition) is 4. The van der Waals surface area contributed by atoms with E-state index in [9.17, 15) is 9.90 Å². The molecule has 5 nitrogen and oxygen atoms in total. The van der Waals surface area contributed by atoms with Gasteiger partial charge in [-0.3, -0.25) is 5.32 Å². The average molecular weight is 317 g/mol. The standard InChI is InChI=1S/C16H19N3O2S/c20-10-9-19(16(21)18-15-17-8-11-22-15)14-7-3-5-12-4-1-2-6-13(12)14/h1-2,4,6,8,11,14,20H,3,5,7,9-10H2,(H,17,18,21). The van der Waals surface area contributed by atoms with Gasteiger partial charge in [-0.05, 0) is 30.4 Å². The molecule has 2 amide bonds. The van der Waals surface area contributed by atoms with Crippen LogP contribution in [0.25, 0.3) is 0 Å². The predicted octanol–water partition coefficient (Wildman–Crippen LogP) is 3.05. The fraction of sp³-hybridized carbons (Fsp3) is 0.375. The molecule has 1 atom stereocenters. The number of thiazole rings is 1. The number of benzene rings is 1. The van der Waals surface area contributed by atoms with E-state index in [0.29, 0.717) is 11.7 Å². The Morgan fingerprint density at radius 2 is 2.32 bits per heavy atom. The molecule has 0 saturated carbocycles. The highest BCUT2D eigenvalue weighted by Crippen LogP contribution is 2.34. The fourth-order valence-corrected chi connectivity index (χ4v) is 3.53. The van der Waals surface area contributed by atoms with Crippen LogP contribution in [0.15, 0.2) is 35.8 Å². The summed E-state index contributed by atoms with van der Waals surface area (Å²) in [5.74, 6) is 0. The third-order valence-electron chi connectivity index (χ3n) is 3.96. The number of rotatable bonds is 4. The molecule has 0 spiro atoms. The van der Waals surface area contributed by atoms with Gasteiger partial charge in [0.1, 0.15) is 0 Å². The maximum absolute atomic E-state index is 12.6. The Kier molecular flexibility index (Phi) is 4.70. The normalized spacial score (nSPS) is 16.9. The van der Waals surface area contributed by atoms with Crippen molar-refractivity contribution in [1.29, 1.82) is 0 Å². The summed E-state index contributed by atoms with van der Waals surface area (Å²) >= 11 is 1.39. The van der Waals surface area contributed by atoms with E-state index in [0.717, 1.165) is 19.3 Å². The van der Waals surface area contributed by atoms with Crippen molar-refractivity contribution in [2.45, 2.75) is 25.3 Å². The van der Waals surface area contributed by atoms with E-state index in [1.807, 2.05) is 17.5 Å². The lowest BCUT2D eigenvalue weighted by atomic mass is 9.87. The Bertz CT molecular complexity index is 630. The highest BCUT2D eigenvalue weighted by molar-refractivity contribution is 7.13. The Labute approximate surface area is 133 Å². The van der Waals surface area contributed by atoms with E-state index in [2.05, 4.69) is 22.4 Å². The molecule has 22 heavy (non-hydrogen) atoms. The van der Waals surface area contributed by atoms with E-state index < -0.39 is 0 Å². The summed E-state index contributed by atoms with van der Waals surface area (Å²) in [5.41, 5.74) is 2.49. The van der Waals surface area contributed by atoms with Gasteiger partial charge in [-0.25, -0.2) is 9.78 Å². The summed E-state index contributed by atoms with van der Waals surface area (Å²) in [6.45, 7) is 0.264. The van der Waals surface area contributed by atoms with Crippen LogP contribution in [0, 0.1) is 0 Å². The summed E-state index contributed by atoms with van der Waals surface area (Å²) < 4.78 is 0. The monoisotopic (exact) mass is 317 g/mol. The molecule has 2 aromatic rings. The van der Waals surface area contributed by atoms with Gasteiger partial charge in [0, 0.05) is 18.1 Å². The Balaban J connectivity index is 1.83. The lowest BCUT2D eigenvalue weighted by molar-refractivity contribution is 0.155. The maximum atomic E-state index is 12.6. The first kappa shape index (κ1) is 15.0. The van der Waals surface area contributed by atoms with Crippen molar-refractivity contribution >= 4 is 22.5 Å². The zero-order chi connectivity index (χ0) is 15.4. The SMILES string of the molecule is O=C(Nc1nccs1)N(CCO)C1CCCc2ccccc21. The number of carbonyl (C=O) groups excluding carboxylic acids is 1. The van der Waals surface area contributed by atoms with Gasteiger partial charge in [-0.2, -0.15) is 0 Å². The first-order chi connectivity index (χ1) is 10.8. The van der Waals surface area contributed by atoms with E-state index in [4.69, 9.17) is 0 Å². The average Bonchev–Trinajstić information content (AvgIpc) is 3.05. The minimum atomic E-state index is -0.203. The number of aromatic nitrogens is 1. The van der Waals surface area contributed by atoms with Crippen molar-refractivity contribution in [1.82, 2.24) is 9.88 Å².